The van der Waals surface area contributed by atoms with Crippen LogP contribution in [0.3, 0.4) is 0 Å². The summed E-state index contributed by atoms with van der Waals surface area (Å²) in [6.07, 6.45) is 0. The van der Waals surface area contributed by atoms with Gasteiger partial charge in [-0.3, -0.25) is 9.52 Å². The molecule has 0 fully saturated rings. The number of nitrogens with one attached hydrogen (secondary N) is 2. The van der Waals surface area contributed by atoms with Gasteiger partial charge in [-0.15, -0.1) is 0 Å². The first-order valence-corrected chi connectivity index (χ1v) is 9.46. The first-order valence-electron chi connectivity index (χ1n) is 7.60. The predicted octanol–water partition coefficient (Wildman–Crippen LogP) is 4.29. The molecule has 26 heavy (non-hydrogen) atoms. The lowest BCUT2D eigenvalue weighted by Gasteiger charge is -2.10. The van der Waals surface area contributed by atoms with E-state index in [-0.39, 0.29) is 10.7 Å². The van der Waals surface area contributed by atoms with Gasteiger partial charge in [-0.25, -0.2) is 8.42 Å². The van der Waals surface area contributed by atoms with E-state index in [1.165, 1.54) is 12.1 Å². The SMILES string of the molecule is Cc1ccc(C(=O)Nc2cccc(S(=O)(=O)Nc3ccc(Cl)cc3)c2)o1. The van der Waals surface area contributed by atoms with Crippen LogP contribution in [-0.4, -0.2) is 14.3 Å². The summed E-state index contributed by atoms with van der Waals surface area (Å²) in [7, 11) is -3.81. The molecule has 1 amide bonds. The molecule has 6 nitrogen and oxygen atoms in total. The maximum absolute atomic E-state index is 12.5. The third-order valence-electron chi connectivity index (χ3n) is 3.46. The largest absolute Gasteiger partial charge is 0.456 e. The molecule has 0 spiro atoms. The molecule has 8 heteroatoms. The Hall–Kier alpha value is -2.77. The van der Waals surface area contributed by atoms with Gasteiger partial charge in [-0.05, 0) is 61.5 Å². The maximum Gasteiger partial charge on any atom is 0.291 e. The second-order valence-corrected chi connectivity index (χ2v) is 7.62. The number of benzene rings is 2. The van der Waals surface area contributed by atoms with Gasteiger partial charge in [0.2, 0.25) is 0 Å². The lowest BCUT2D eigenvalue weighted by Crippen LogP contribution is -2.14. The van der Waals surface area contributed by atoms with Crippen LogP contribution in [0.1, 0.15) is 16.3 Å². The van der Waals surface area contributed by atoms with Crippen molar-refractivity contribution in [3.8, 4) is 0 Å². The van der Waals surface area contributed by atoms with Gasteiger partial charge in [-0.2, -0.15) is 0 Å². The number of hydrogen-bond donors (Lipinski definition) is 2. The van der Waals surface area contributed by atoms with Crippen LogP contribution in [0, 0.1) is 6.92 Å². The lowest BCUT2D eigenvalue weighted by atomic mass is 10.3. The molecule has 0 saturated heterocycles. The molecule has 3 rings (SSSR count). The fraction of sp³-hybridized carbons (Fsp3) is 0.0556. The van der Waals surface area contributed by atoms with E-state index in [2.05, 4.69) is 10.0 Å². The molecule has 0 bridgehead atoms. The lowest BCUT2D eigenvalue weighted by molar-refractivity contribution is 0.0995. The molecule has 2 N–H and O–H groups in total. The van der Waals surface area contributed by atoms with Crippen molar-refractivity contribution in [2.45, 2.75) is 11.8 Å². The highest BCUT2D eigenvalue weighted by Gasteiger charge is 2.16. The van der Waals surface area contributed by atoms with E-state index in [4.69, 9.17) is 16.0 Å². The Morgan fingerprint density at radius 1 is 1.00 bits per heavy atom. The minimum Gasteiger partial charge on any atom is -0.456 e. The van der Waals surface area contributed by atoms with E-state index in [0.29, 0.717) is 22.2 Å². The van der Waals surface area contributed by atoms with Crippen LogP contribution in [0.15, 0.2) is 70.0 Å². The standard InChI is InChI=1S/C18H15ClN2O4S/c1-12-5-10-17(25-12)18(22)20-15-3-2-4-16(11-15)26(23,24)21-14-8-6-13(19)7-9-14/h2-11,21H,1H3,(H,20,22). The van der Waals surface area contributed by atoms with Crippen LogP contribution in [0.25, 0.3) is 0 Å². The van der Waals surface area contributed by atoms with Gasteiger partial charge < -0.3 is 9.73 Å². The first-order chi connectivity index (χ1) is 12.3. The zero-order valence-corrected chi connectivity index (χ0v) is 15.3. The van der Waals surface area contributed by atoms with E-state index in [0.717, 1.165) is 0 Å². The monoisotopic (exact) mass is 390 g/mol. The summed E-state index contributed by atoms with van der Waals surface area (Å²) in [5.74, 6) is 0.298. The van der Waals surface area contributed by atoms with E-state index in [1.54, 1.807) is 55.5 Å². The van der Waals surface area contributed by atoms with Gasteiger partial charge in [0.1, 0.15) is 5.76 Å². The number of aryl methyl sites for hydroxylation is 1. The Morgan fingerprint density at radius 2 is 1.73 bits per heavy atom. The van der Waals surface area contributed by atoms with Crippen molar-refractivity contribution < 1.29 is 17.6 Å². The number of amides is 1. The molecule has 3 aromatic rings. The van der Waals surface area contributed by atoms with E-state index in [9.17, 15) is 13.2 Å². The second kappa shape index (κ2) is 7.23. The smallest absolute Gasteiger partial charge is 0.291 e. The van der Waals surface area contributed by atoms with Crippen molar-refractivity contribution in [1.82, 2.24) is 0 Å². The molecule has 134 valence electrons. The summed E-state index contributed by atoms with van der Waals surface area (Å²) >= 11 is 5.80. The summed E-state index contributed by atoms with van der Waals surface area (Å²) in [5, 5.41) is 3.12. The Kier molecular flexibility index (Phi) is 5.01. The number of rotatable bonds is 5. The van der Waals surface area contributed by atoms with Crippen molar-refractivity contribution in [3.63, 3.8) is 0 Å². The van der Waals surface area contributed by atoms with Crippen LogP contribution in [0.4, 0.5) is 11.4 Å². The van der Waals surface area contributed by atoms with Crippen molar-refractivity contribution in [3.05, 3.63) is 77.2 Å². The second-order valence-electron chi connectivity index (χ2n) is 5.50. The molecule has 1 aromatic heterocycles. The molecule has 0 aliphatic heterocycles. The Labute approximate surface area is 155 Å². The Balaban J connectivity index is 1.79. The fourth-order valence-corrected chi connectivity index (χ4v) is 3.45. The number of halogens is 1. The molecule has 2 aromatic carbocycles. The molecule has 0 atom stereocenters. The summed E-state index contributed by atoms with van der Waals surface area (Å²) in [5.41, 5.74) is 0.720. The Bertz CT molecular complexity index is 1040. The number of carbonyl (C=O) groups is 1. The summed E-state index contributed by atoms with van der Waals surface area (Å²) in [4.78, 5) is 12.1. The molecule has 0 saturated carbocycles. The van der Waals surface area contributed by atoms with Crippen LogP contribution >= 0.6 is 11.6 Å². The topological polar surface area (TPSA) is 88.4 Å². The van der Waals surface area contributed by atoms with E-state index < -0.39 is 15.9 Å². The highest BCUT2D eigenvalue weighted by molar-refractivity contribution is 7.92. The average Bonchev–Trinajstić information content (AvgIpc) is 3.04. The third-order valence-corrected chi connectivity index (χ3v) is 5.09. The van der Waals surface area contributed by atoms with Crippen molar-refractivity contribution >= 4 is 38.9 Å². The van der Waals surface area contributed by atoms with Gasteiger partial charge in [0, 0.05) is 16.4 Å². The summed E-state index contributed by atoms with van der Waals surface area (Å²) in [6, 6.07) is 15.4. The summed E-state index contributed by atoms with van der Waals surface area (Å²) in [6.45, 7) is 1.73. The van der Waals surface area contributed by atoms with Crippen LogP contribution in [-0.2, 0) is 10.0 Å². The zero-order valence-electron chi connectivity index (χ0n) is 13.7. The van der Waals surface area contributed by atoms with Gasteiger partial charge in [0.15, 0.2) is 5.76 Å². The molecular weight excluding hydrogens is 376 g/mol. The molecule has 1 heterocycles. The van der Waals surface area contributed by atoms with E-state index in [1.807, 2.05) is 0 Å². The minimum absolute atomic E-state index is 0.0147. The number of carbonyl (C=O) groups excluding carboxylic acids is 1. The van der Waals surface area contributed by atoms with Crippen LogP contribution < -0.4 is 10.0 Å². The maximum atomic E-state index is 12.5. The van der Waals surface area contributed by atoms with Gasteiger partial charge in [-0.1, -0.05) is 17.7 Å². The van der Waals surface area contributed by atoms with Gasteiger partial charge in [0.25, 0.3) is 15.9 Å². The number of hydrogen-bond acceptors (Lipinski definition) is 4. The van der Waals surface area contributed by atoms with E-state index >= 15 is 0 Å². The fourth-order valence-electron chi connectivity index (χ4n) is 2.22. The predicted molar refractivity (Wildman–Crippen MR) is 100 cm³/mol. The molecule has 0 aliphatic carbocycles. The highest BCUT2D eigenvalue weighted by Crippen LogP contribution is 2.21. The highest BCUT2D eigenvalue weighted by atomic mass is 35.5. The van der Waals surface area contributed by atoms with Gasteiger partial charge >= 0.3 is 0 Å². The minimum atomic E-state index is -3.81. The number of furan rings is 1. The third kappa shape index (κ3) is 4.25. The van der Waals surface area contributed by atoms with Gasteiger partial charge in [0.05, 0.1) is 4.90 Å². The van der Waals surface area contributed by atoms with Crippen LogP contribution in [0.2, 0.25) is 5.02 Å². The molecular formula is C18H15ClN2O4S. The van der Waals surface area contributed by atoms with Crippen LogP contribution in [0.5, 0.6) is 0 Å². The first kappa shape index (κ1) is 18.0. The van der Waals surface area contributed by atoms with Crippen molar-refractivity contribution in [2.24, 2.45) is 0 Å². The molecule has 0 radical (unpaired) electrons. The van der Waals surface area contributed by atoms with Crippen molar-refractivity contribution in [2.75, 3.05) is 10.0 Å². The quantitative estimate of drug-likeness (QED) is 0.680. The summed E-state index contributed by atoms with van der Waals surface area (Å²) < 4.78 is 32.8. The number of anilines is 2. The molecule has 0 unspecified atom stereocenters. The number of sulfonamides is 1. The zero-order chi connectivity index (χ0) is 18.7. The Morgan fingerprint density at radius 3 is 2.38 bits per heavy atom. The molecule has 0 aliphatic rings. The van der Waals surface area contributed by atoms with Crippen molar-refractivity contribution in [1.29, 1.82) is 0 Å². The normalized spacial score (nSPS) is 11.2. The average molecular weight is 391 g/mol.